The molecule has 0 fully saturated rings. The van der Waals surface area contributed by atoms with Crippen molar-refractivity contribution in [3.63, 3.8) is 0 Å². The molecule has 0 amide bonds. The van der Waals surface area contributed by atoms with E-state index in [1.54, 1.807) is 6.20 Å². The van der Waals surface area contributed by atoms with Crippen LogP contribution in [0.25, 0.3) is 0 Å². The Morgan fingerprint density at radius 1 is 1.43 bits per heavy atom. The predicted molar refractivity (Wildman–Crippen MR) is 89.1 cm³/mol. The number of benzene rings is 1. The van der Waals surface area contributed by atoms with Crippen molar-refractivity contribution in [2.75, 3.05) is 20.6 Å². The van der Waals surface area contributed by atoms with Gasteiger partial charge in [-0.2, -0.15) is 5.10 Å². The lowest BCUT2D eigenvalue weighted by atomic mass is 10.0. The number of aromatic nitrogens is 2. The number of hydrogen-bond donors (Lipinski definition) is 2. The van der Waals surface area contributed by atoms with Gasteiger partial charge in [0.2, 0.25) is 0 Å². The summed E-state index contributed by atoms with van der Waals surface area (Å²) in [5.74, 6) is 5.78. The maximum Gasteiger partial charge on any atom is 0.0904 e. The van der Waals surface area contributed by atoms with E-state index in [0.29, 0.717) is 5.02 Å². The molecule has 0 aliphatic heterocycles. The molecule has 1 atom stereocenters. The molecule has 21 heavy (non-hydrogen) atoms. The molecule has 5 nitrogen and oxygen atoms in total. The van der Waals surface area contributed by atoms with Crippen LogP contribution in [0.1, 0.15) is 17.3 Å². The maximum atomic E-state index is 6.30. The Bertz CT molecular complexity index is 599. The van der Waals surface area contributed by atoms with Crippen LogP contribution in [0.3, 0.4) is 0 Å². The van der Waals surface area contributed by atoms with Gasteiger partial charge in [0.1, 0.15) is 0 Å². The zero-order chi connectivity index (χ0) is 15.4. The standard InChI is InChI=1S/C14H19BrClN5/c1-20(2)7-8-21-14(11(15)9-18-21)13(19-17)10-5-3-4-6-12(10)16/h3-6,9,13,19H,7-8,17H2,1-2H3. The molecule has 1 unspecified atom stereocenters. The first-order valence-electron chi connectivity index (χ1n) is 6.61. The first-order valence-corrected chi connectivity index (χ1v) is 7.78. The molecule has 2 aromatic rings. The Hall–Kier alpha value is -0.920. The van der Waals surface area contributed by atoms with Gasteiger partial charge in [-0.3, -0.25) is 10.5 Å². The Labute approximate surface area is 138 Å². The van der Waals surface area contributed by atoms with Crippen molar-refractivity contribution in [1.82, 2.24) is 20.1 Å². The van der Waals surface area contributed by atoms with E-state index in [9.17, 15) is 0 Å². The van der Waals surface area contributed by atoms with Gasteiger partial charge in [-0.15, -0.1) is 0 Å². The van der Waals surface area contributed by atoms with Crippen LogP contribution in [-0.4, -0.2) is 35.3 Å². The lowest BCUT2D eigenvalue weighted by molar-refractivity contribution is 0.365. The average molecular weight is 373 g/mol. The highest BCUT2D eigenvalue weighted by molar-refractivity contribution is 9.10. The first kappa shape index (κ1) is 16.5. The fraction of sp³-hybridized carbons (Fsp3) is 0.357. The Balaban J connectivity index is 2.38. The summed E-state index contributed by atoms with van der Waals surface area (Å²) in [4.78, 5) is 2.11. The summed E-state index contributed by atoms with van der Waals surface area (Å²) in [6.07, 6.45) is 1.78. The monoisotopic (exact) mass is 371 g/mol. The van der Waals surface area contributed by atoms with Gasteiger partial charge in [0.05, 0.1) is 29.0 Å². The molecule has 114 valence electrons. The molecule has 0 radical (unpaired) electrons. The second kappa shape index (κ2) is 7.38. The van der Waals surface area contributed by atoms with Crippen LogP contribution in [0.2, 0.25) is 5.02 Å². The van der Waals surface area contributed by atoms with Crippen LogP contribution >= 0.6 is 27.5 Å². The molecule has 0 spiro atoms. The van der Waals surface area contributed by atoms with Crippen molar-refractivity contribution >= 4 is 27.5 Å². The van der Waals surface area contributed by atoms with Crippen molar-refractivity contribution in [3.8, 4) is 0 Å². The van der Waals surface area contributed by atoms with Crippen molar-refractivity contribution in [2.45, 2.75) is 12.6 Å². The number of halogens is 2. The molecule has 0 saturated heterocycles. The van der Waals surface area contributed by atoms with Gasteiger partial charge in [0.25, 0.3) is 0 Å². The van der Waals surface area contributed by atoms with Crippen molar-refractivity contribution in [1.29, 1.82) is 0 Å². The van der Waals surface area contributed by atoms with Gasteiger partial charge < -0.3 is 4.90 Å². The molecule has 3 N–H and O–H groups in total. The number of rotatable bonds is 6. The van der Waals surface area contributed by atoms with Crippen LogP contribution in [-0.2, 0) is 6.54 Å². The number of nitrogens with zero attached hydrogens (tertiary/aromatic N) is 3. The van der Waals surface area contributed by atoms with E-state index < -0.39 is 0 Å². The van der Waals surface area contributed by atoms with Crippen LogP contribution in [0.15, 0.2) is 34.9 Å². The van der Waals surface area contributed by atoms with E-state index in [2.05, 4.69) is 31.4 Å². The highest BCUT2D eigenvalue weighted by atomic mass is 79.9. The Morgan fingerprint density at radius 2 is 2.14 bits per heavy atom. The SMILES string of the molecule is CN(C)CCn1ncc(Br)c1C(NN)c1ccccc1Cl. The summed E-state index contributed by atoms with van der Waals surface area (Å²) in [5, 5.41) is 5.09. The van der Waals surface area contributed by atoms with Gasteiger partial charge >= 0.3 is 0 Å². The van der Waals surface area contributed by atoms with E-state index in [-0.39, 0.29) is 6.04 Å². The largest absolute Gasteiger partial charge is 0.308 e. The quantitative estimate of drug-likeness (QED) is 0.604. The number of nitrogens with one attached hydrogen (secondary N) is 1. The summed E-state index contributed by atoms with van der Waals surface area (Å²) in [6.45, 7) is 1.66. The van der Waals surface area contributed by atoms with E-state index in [1.165, 1.54) is 0 Å². The molecule has 0 saturated carbocycles. The normalized spacial score (nSPS) is 12.9. The summed E-state index contributed by atoms with van der Waals surface area (Å²) < 4.78 is 2.85. The minimum absolute atomic E-state index is 0.224. The summed E-state index contributed by atoms with van der Waals surface area (Å²) >= 11 is 9.85. The third kappa shape index (κ3) is 3.84. The molecule has 7 heteroatoms. The fourth-order valence-electron chi connectivity index (χ4n) is 2.16. The van der Waals surface area contributed by atoms with Gasteiger partial charge in [-0.05, 0) is 41.7 Å². The summed E-state index contributed by atoms with van der Waals surface area (Å²) in [7, 11) is 4.07. The average Bonchev–Trinajstić information content (AvgIpc) is 2.81. The van der Waals surface area contributed by atoms with E-state index in [0.717, 1.165) is 28.8 Å². The molecular weight excluding hydrogens is 354 g/mol. The van der Waals surface area contributed by atoms with E-state index in [4.69, 9.17) is 17.4 Å². The Morgan fingerprint density at radius 3 is 2.76 bits per heavy atom. The highest BCUT2D eigenvalue weighted by Gasteiger charge is 2.22. The van der Waals surface area contributed by atoms with Gasteiger partial charge in [0.15, 0.2) is 0 Å². The number of nitrogens with two attached hydrogens (primary N) is 1. The van der Waals surface area contributed by atoms with Crippen molar-refractivity contribution in [2.24, 2.45) is 5.84 Å². The fourth-order valence-corrected chi connectivity index (χ4v) is 2.93. The maximum absolute atomic E-state index is 6.30. The molecule has 1 heterocycles. The summed E-state index contributed by atoms with van der Waals surface area (Å²) in [5.41, 5.74) is 4.73. The van der Waals surface area contributed by atoms with E-state index >= 15 is 0 Å². The summed E-state index contributed by atoms with van der Waals surface area (Å²) in [6, 6.07) is 7.44. The predicted octanol–water partition coefficient (Wildman–Crippen LogP) is 2.41. The number of hydrazine groups is 1. The van der Waals surface area contributed by atoms with Gasteiger partial charge in [0, 0.05) is 11.6 Å². The second-order valence-corrected chi connectivity index (χ2v) is 6.29. The highest BCUT2D eigenvalue weighted by Crippen LogP contribution is 2.31. The minimum Gasteiger partial charge on any atom is -0.308 e. The smallest absolute Gasteiger partial charge is 0.0904 e. The number of hydrogen-bond acceptors (Lipinski definition) is 4. The van der Waals surface area contributed by atoms with Crippen LogP contribution in [0, 0.1) is 0 Å². The molecule has 0 bridgehead atoms. The lowest BCUT2D eigenvalue weighted by Crippen LogP contribution is -2.32. The third-order valence-corrected chi connectivity index (χ3v) is 4.20. The van der Waals surface area contributed by atoms with Crippen molar-refractivity contribution < 1.29 is 0 Å². The van der Waals surface area contributed by atoms with Crippen LogP contribution in [0.4, 0.5) is 0 Å². The number of likely N-dealkylation sites (N-methyl/N-ethyl adjacent to an activating group) is 1. The van der Waals surface area contributed by atoms with E-state index in [1.807, 2.05) is 43.0 Å². The zero-order valence-corrected chi connectivity index (χ0v) is 14.4. The topological polar surface area (TPSA) is 59.1 Å². The molecule has 0 aliphatic rings. The molecule has 1 aromatic carbocycles. The van der Waals surface area contributed by atoms with Crippen LogP contribution in [0.5, 0.6) is 0 Å². The molecule has 1 aromatic heterocycles. The van der Waals surface area contributed by atoms with Gasteiger partial charge in [-0.1, -0.05) is 29.8 Å². The van der Waals surface area contributed by atoms with Crippen LogP contribution < -0.4 is 11.3 Å². The second-order valence-electron chi connectivity index (χ2n) is 5.03. The zero-order valence-electron chi connectivity index (χ0n) is 12.1. The first-order chi connectivity index (χ1) is 10.0. The van der Waals surface area contributed by atoms with Crippen molar-refractivity contribution in [3.05, 3.63) is 51.2 Å². The molecular formula is C14H19BrClN5. The molecule has 2 rings (SSSR count). The molecule has 0 aliphatic carbocycles. The van der Waals surface area contributed by atoms with Gasteiger partial charge in [-0.25, -0.2) is 5.43 Å². The Kier molecular flexibility index (Phi) is 5.78. The third-order valence-electron chi connectivity index (χ3n) is 3.25. The minimum atomic E-state index is -0.224. The lowest BCUT2D eigenvalue weighted by Gasteiger charge is -2.21.